The Bertz CT molecular complexity index is 915. The third-order valence-electron chi connectivity index (χ3n) is 4.92. The van der Waals surface area contributed by atoms with E-state index < -0.39 is 10.0 Å². The maximum atomic E-state index is 12.6. The average molecular weight is 451 g/mol. The number of oxime groups is 1. The van der Waals surface area contributed by atoms with Crippen molar-refractivity contribution in [3.8, 4) is 0 Å². The summed E-state index contributed by atoms with van der Waals surface area (Å²) in [6.45, 7) is 2.19. The lowest BCUT2D eigenvalue weighted by Crippen LogP contribution is -2.19. The van der Waals surface area contributed by atoms with Gasteiger partial charge in [0, 0.05) is 16.1 Å². The molecule has 0 saturated heterocycles. The van der Waals surface area contributed by atoms with Crippen molar-refractivity contribution in [3.05, 3.63) is 64.7 Å². The molecule has 7 heteroatoms. The van der Waals surface area contributed by atoms with E-state index in [1.165, 1.54) is 25.7 Å². The molecule has 0 amide bonds. The zero-order valence-corrected chi connectivity index (χ0v) is 19.1. The van der Waals surface area contributed by atoms with Crippen molar-refractivity contribution >= 4 is 33.0 Å². The van der Waals surface area contributed by atoms with Crippen LogP contribution in [0.2, 0.25) is 5.02 Å². The number of benzene rings is 2. The molecule has 0 spiro atoms. The molecule has 0 radical (unpaired) electrons. The van der Waals surface area contributed by atoms with Gasteiger partial charge in [-0.1, -0.05) is 99.0 Å². The number of anilines is 1. The van der Waals surface area contributed by atoms with Crippen LogP contribution in [-0.4, -0.2) is 25.1 Å². The molecule has 2 N–H and O–H groups in total. The van der Waals surface area contributed by atoms with Crippen LogP contribution in [0.3, 0.4) is 0 Å². The van der Waals surface area contributed by atoms with E-state index in [9.17, 15) is 13.6 Å². The first kappa shape index (κ1) is 24.2. The fraction of sp³-hybridized carbons (Fsp3) is 0.435. The van der Waals surface area contributed by atoms with E-state index >= 15 is 0 Å². The first-order chi connectivity index (χ1) is 14.5. The summed E-state index contributed by atoms with van der Waals surface area (Å²) in [7, 11) is -3.52. The van der Waals surface area contributed by atoms with Crippen LogP contribution in [-0.2, 0) is 10.0 Å². The van der Waals surface area contributed by atoms with Crippen molar-refractivity contribution in [1.82, 2.24) is 0 Å². The summed E-state index contributed by atoms with van der Waals surface area (Å²) in [5.41, 5.74) is 1.68. The Morgan fingerprint density at radius 3 is 2.23 bits per heavy atom. The van der Waals surface area contributed by atoms with Crippen molar-refractivity contribution in [2.24, 2.45) is 5.16 Å². The summed E-state index contributed by atoms with van der Waals surface area (Å²) < 4.78 is 27.9. The maximum absolute atomic E-state index is 12.6. The minimum absolute atomic E-state index is 0.0565. The average Bonchev–Trinajstić information content (AvgIpc) is 2.73. The number of hydrogen-bond donors (Lipinski definition) is 2. The largest absolute Gasteiger partial charge is 0.410 e. The Morgan fingerprint density at radius 1 is 0.967 bits per heavy atom. The van der Waals surface area contributed by atoms with Crippen molar-refractivity contribution < 1.29 is 13.6 Å². The Morgan fingerprint density at radius 2 is 1.60 bits per heavy atom. The van der Waals surface area contributed by atoms with Crippen LogP contribution in [0.4, 0.5) is 5.69 Å². The fourth-order valence-electron chi connectivity index (χ4n) is 3.31. The summed E-state index contributed by atoms with van der Waals surface area (Å²) in [5.74, 6) is 0.0565. The summed E-state index contributed by atoms with van der Waals surface area (Å²) in [6, 6.07) is 13.9. The Balaban J connectivity index is 2.02. The predicted molar refractivity (Wildman–Crippen MR) is 125 cm³/mol. The molecular weight excluding hydrogens is 420 g/mol. The quantitative estimate of drug-likeness (QED) is 0.159. The molecule has 0 aromatic heterocycles. The van der Waals surface area contributed by atoms with Gasteiger partial charge < -0.3 is 5.21 Å². The second-order valence-corrected chi connectivity index (χ2v) is 9.68. The van der Waals surface area contributed by atoms with Gasteiger partial charge in [0.25, 0.3) is 0 Å². The molecule has 0 bridgehead atoms. The van der Waals surface area contributed by atoms with Gasteiger partial charge in [-0.15, -0.1) is 0 Å². The number of unbranched alkanes of at least 4 members (excludes halogenated alkanes) is 7. The van der Waals surface area contributed by atoms with Gasteiger partial charge in [0.2, 0.25) is 10.0 Å². The molecule has 0 aliphatic rings. The van der Waals surface area contributed by atoms with Gasteiger partial charge >= 0.3 is 0 Å². The van der Waals surface area contributed by atoms with Crippen LogP contribution in [0.15, 0.2) is 53.7 Å². The van der Waals surface area contributed by atoms with Gasteiger partial charge in [0.15, 0.2) is 0 Å². The van der Waals surface area contributed by atoms with Crippen LogP contribution in [0, 0.1) is 0 Å². The summed E-state index contributed by atoms with van der Waals surface area (Å²) in [5, 5.41) is 13.4. The lowest BCUT2D eigenvalue weighted by molar-refractivity contribution is 0.319. The predicted octanol–water partition coefficient (Wildman–Crippen LogP) is 6.45. The molecule has 0 heterocycles. The minimum atomic E-state index is -3.52. The molecule has 2 aromatic rings. The van der Waals surface area contributed by atoms with Crippen LogP contribution in [0.25, 0.3) is 0 Å². The number of nitrogens with zero attached hydrogens (tertiary/aromatic N) is 1. The van der Waals surface area contributed by atoms with Crippen LogP contribution < -0.4 is 4.72 Å². The normalized spacial score (nSPS) is 12.1. The number of hydrogen-bond acceptors (Lipinski definition) is 4. The lowest BCUT2D eigenvalue weighted by Gasteiger charge is -2.14. The van der Waals surface area contributed by atoms with Gasteiger partial charge in [0.1, 0.15) is 5.71 Å². The molecule has 2 rings (SSSR count). The van der Waals surface area contributed by atoms with Crippen molar-refractivity contribution in [1.29, 1.82) is 0 Å². The Kier molecular flexibility index (Phi) is 10.2. The van der Waals surface area contributed by atoms with Gasteiger partial charge in [-0.05, 0) is 24.6 Å². The molecule has 0 aliphatic carbocycles. The molecule has 0 saturated carbocycles. The standard InChI is InChI=1S/C23H31ClN2O3S/c1-2-3-4-5-6-7-8-12-17-30(28,29)26-22-16-15-20(24)18-21(22)23(25-27)19-13-10-9-11-14-19/h9-11,13-16,18,26-27H,2-8,12,17H2,1H3/b25-23+. The van der Waals surface area contributed by atoms with Crippen molar-refractivity contribution in [2.75, 3.05) is 10.5 Å². The number of halogens is 1. The second-order valence-electron chi connectivity index (χ2n) is 7.40. The second kappa shape index (κ2) is 12.6. The number of sulfonamides is 1. The van der Waals surface area contributed by atoms with Gasteiger partial charge in [-0.3, -0.25) is 4.72 Å². The molecule has 2 aromatic carbocycles. The molecule has 0 unspecified atom stereocenters. The smallest absolute Gasteiger partial charge is 0.232 e. The summed E-state index contributed by atoms with van der Waals surface area (Å²) in [4.78, 5) is 0. The van der Waals surface area contributed by atoms with Gasteiger partial charge in [0.05, 0.1) is 11.4 Å². The molecule has 164 valence electrons. The summed E-state index contributed by atoms with van der Waals surface area (Å²) in [6.07, 6.45) is 8.69. The number of rotatable bonds is 13. The van der Waals surface area contributed by atoms with Crippen LogP contribution in [0.5, 0.6) is 0 Å². The zero-order valence-electron chi connectivity index (χ0n) is 17.5. The monoisotopic (exact) mass is 450 g/mol. The molecular formula is C23H31ClN2O3S. The van der Waals surface area contributed by atoms with Crippen molar-refractivity contribution in [2.45, 2.75) is 58.3 Å². The fourth-order valence-corrected chi connectivity index (χ4v) is 4.68. The van der Waals surface area contributed by atoms with E-state index in [0.29, 0.717) is 28.3 Å². The maximum Gasteiger partial charge on any atom is 0.232 e. The first-order valence-corrected chi connectivity index (χ1v) is 12.6. The minimum Gasteiger partial charge on any atom is -0.410 e. The highest BCUT2D eigenvalue weighted by molar-refractivity contribution is 7.92. The molecule has 5 nitrogen and oxygen atoms in total. The zero-order chi connectivity index (χ0) is 21.8. The van der Waals surface area contributed by atoms with Gasteiger partial charge in [-0.25, -0.2) is 8.42 Å². The highest BCUT2D eigenvalue weighted by Gasteiger charge is 2.18. The molecule has 30 heavy (non-hydrogen) atoms. The van der Waals surface area contributed by atoms with Crippen LogP contribution >= 0.6 is 11.6 Å². The van der Waals surface area contributed by atoms with E-state index in [4.69, 9.17) is 11.6 Å². The van der Waals surface area contributed by atoms with E-state index in [2.05, 4.69) is 16.8 Å². The third kappa shape index (κ3) is 8.00. The third-order valence-corrected chi connectivity index (χ3v) is 6.51. The number of nitrogens with one attached hydrogen (secondary N) is 1. The highest BCUT2D eigenvalue weighted by Crippen LogP contribution is 2.25. The van der Waals surface area contributed by atoms with E-state index in [-0.39, 0.29) is 11.5 Å². The first-order valence-electron chi connectivity index (χ1n) is 10.5. The summed E-state index contributed by atoms with van der Waals surface area (Å²) >= 11 is 6.13. The highest BCUT2D eigenvalue weighted by atomic mass is 35.5. The Hall–Kier alpha value is -2.05. The SMILES string of the molecule is CCCCCCCCCCS(=O)(=O)Nc1ccc(Cl)cc1/C(=N/O)c1ccccc1. The topological polar surface area (TPSA) is 78.8 Å². The van der Waals surface area contributed by atoms with Crippen LogP contribution in [0.1, 0.15) is 69.4 Å². The van der Waals surface area contributed by atoms with E-state index in [1.807, 2.05) is 18.2 Å². The molecule has 0 atom stereocenters. The van der Waals surface area contributed by atoms with Gasteiger partial charge in [-0.2, -0.15) is 0 Å². The molecule has 0 aliphatic heterocycles. The molecule has 0 fully saturated rings. The van der Waals surface area contributed by atoms with Crippen molar-refractivity contribution in [3.63, 3.8) is 0 Å². The lowest BCUT2D eigenvalue weighted by atomic mass is 10.0. The Labute approximate surface area is 185 Å². The van der Waals surface area contributed by atoms with E-state index in [1.54, 1.807) is 30.3 Å². The van der Waals surface area contributed by atoms with E-state index in [0.717, 1.165) is 19.3 Å².